The number of hydrogen-bond acceptors (Lipinski definition) is 2. The average molecular weight is 372 g/mol. The Labute approximate surface area is 157 Å². The van der Waals surface area contributed by atoms with Gasteiger partial charge in [-0.25, -0.2) is 9.18 Å². The standard InChI is InChI=1S/C20H25FN4O2/c1-13-15-5-4-6-16(21)18(15)23-17(13)19(26)22-14-7-11-25(12-8-14)20(27)24-9-2-3-10-24/h4-6,14,23H,2-3,7-12H2,1H3,(H,22,26). The number of piperidine rings is 1. The molecule has 0 aliphatic carbocycles. The number of carbonyl (C=O) groups is 2. The highest BCUT2D eigenvalue weighted by Crippen LogP contribution is 2.24. The molecule has 144 valence electrons. The van der Waals surface area contributed by atoms with Gasteiger partial charge in [-0.3, -0.25) is 4.79 Å². The summed E-state index contributed by atoms with van der Waals surface area (Å²) in [5, 5.41) is 3.77. The quantitative estimate of drug-likeness (QED) is 0.851. The normalized spacial score (nSPS) is 18.3. The number of halogens is 1. The van der Waals surface area contributed by atoms with Gasteiger partial charge in [0.25, 0.3) is 5.91 Å². The first-order chi connectivity index (χ1) is 13.0. The minimum absolute atomic E-state index is 0.0239. The number of H-pyrrole nitrogens is 1. The van der Waals surface area contributed by atoms with Crippen molar-refractivity contribution in [2.24, 2.45) is 0 Å². The van der Waals surface area contributed by atoms with E-state index in [0.717, 1.165) is 49.7 Å². The molecule has 2 aliphatic rings. The van der Waals surface area contributed by atoms with Crippen LogP contribution in [0.3, 0.4) is 0 Å². The van der Waals surface area contributed by atoms with Crippen LogP contribution in [0.5, 0.6) is 0 Å². The lowest BCUT2D eigenvalue weighted by atomic mass is 10.0. The van der Waals surface area contributed by atoms with Crippen molar-refractivity contribution < 1.29 is 14.0 Å². The molecule has 0 bridgehead atoms. The molecule has 2 aromatic rings. The predicted molar refractivity (Wildman–Crippen MR) is 101 cm³/mol. The van der Waals surface area contributed by atoms with E-state index in [9.17, 15) is 14.0 Å². The Morgan fingerprint density at radius 2 is 1.78 bits per heavy atom. The highest BCUT2D eigenvalue weighted by molar-refractivity contribution is 6.01. The van der Waals surface area contributed by atoms with Crippen molar-refractivity contribution in [3.63, 3.8) is 0 Å². The fourth-order valence-corrected chi connectivity index (χ4v) is 4.13. The minimum atomic E-state index is -0.358. The number of nitrogens with zero attached hydrogens (tertiary/aromatic N) is 2. The molecule has 3 amide bonds. The molecule has 2 fully saturated rings. The zero-order valence-corrected chi connectivity index (χ0v) is 15.6. The third-order valence-corrected chi connectivity index (χ3v) is 5.75. The molecule has 6 nitrogen and oxygen atoms in total. The molecule has 1 aromatic carbocycles. The summed E-state index contributed by atoms with van der Waals surface area (Å²) in [6.45, 7) is 4.84. The zero-order chi connectivity index (χ0) is 19.0. The van der Waals surface area contributed by atoms with Crippen LogP contribution in [0.1, 0.15) is 41.7 Å². The van der Waals surface area contributed by atoms with Gasteiger partial charge in [-0.1, -0.05) is 12.1 Å². The van der Waals surface area contributed by atoms with Crippen LogP contribution in [-0.4, -0.2) is 58.9 Å². The molecular formula is C20H25FN4O2. The third kappa shape index (κ3) is 3.38. The fraction of sp³-hybridized carbons (Fsp3) is 0.500. The number of aromatic nitrogens is 1. The molecule has 0 saturated carbocycles. The Hall–Kier alpha value is -2.57. The van der Waals surface area contributed by atoms with Gasteiger partial charge in [0.15, 0.2) is 0 Å². The fourth-order valence-electron chi connectivity index (χ4n) is 4.13. The van der Waals surface area contributed by atoms with E-state index >= 15 is 0 Å². The molecule has 2 aliphatic heterocycles. The van der Waals surface area contributed by atoms with Gasteiger partial charge in [-0.2, -0.15) is 0 Å². The molecule has 4 rings (SSSR count). The monoisotopic (exact) mass is 372 g/mol. The van der Waals surface area contributed by atoms with E-state index in [1.165, 1.54) is 6.07 Å². The number of amides is 3. The van der Waals surface area contributed by atoms with Crippen LogP contribution in [-0.2, 0) is 0 Å². The highest BCUT2D eigenvalue weighted by atomic mass is 19.1. The highest BCUT2D eigenvalue weighted by Gasteiger charge is 2.29. The van der Waals surface area contributed by atoms with Crippen LogP contribution in [0.15, 0.2) is 18.2 Å². The van der Waals surface area contributed by atoms with Crippen molar-refractivity contribution in [1.82, 2.24) is 20.1 Å². The first-order valence-electron chi connectivity index (χ1n) is 9.66. The van der Waals surface area contributed by atoms with Gasteiger partial charge in [0.1, 0.15) is 11.5 Å². The maximum absolute atomic E-state index is 13.9. The van der Waals surface area contributed by atoms with Gasteiger partial charge in [0.2, 0.25) is 0 Å². The van der Waals surface area contributed by atoms with E-state index in [1.807, 2.05) is 22.8 Å². The van der Waals surface area contributed by atoms with Crippen molar-refractivity contribution in [2.75, 3.05) is 26.2 Å². The Bertz CT molecular complexity index is 864. The Kier molecular flexibility index (Phi) is 4.76. The molecule has 0 unspecified atom stereocenters. The topological polar surface area (TPSA) is 68.4 Å². The van der Waals surface area contributed by atoms with E-state index in [2.05, 4.69) is 10.3 Å². The molecule has 2 saturated heterocycles. The van der Waals surface area contributed by atoms with E-state index < -0.39 is 0 Å². The van der Waals surface area contributed by atoms with Crippen molar-refractivity contribution in [1.29, 1.82) is 0 Å². The average Bonchev–Trinajstić information content (AvgIpc) is 3.31. The lowest BCUT2D eigenvalue weighted by molar-refractivity contribution is 0.0908. The summed E-state index contributed by atoms with van der Waals surface area (Å²) < 4.78 is 13.9. The van der Waals surface area contributed by atoms with Crippen LogP contribution in [0.4, 0.5) is 9.18 Å². The summed E-state index contributed by atoms with van der Waals surface area (Å²) >= 11 is 0. The Morgan fingerprint density at radius 1 is 1.11 bits per heavy atom. The van der Waals surface area contributed by atoms with Crippen LogP contribution in [0.2, 0.25) is 0 Å². The van der Waals surface area contributed by atoms with Gasteiger partial charge in [0.05, 0.1) is 5.52 Å². The van der Waals surface area contributed by atoms with Gasteiger partial charge in [-0.15, -0.1) is 0 Å². The number of urea groups is 1. The molecule has 0 radical (unpaired) electrons. The van der Waals surface area contributed by atoms with Gasteiger partial charge < -0.3 is 20.1 Å². The first-order valence-corrected chi connectivity index (χ1v) is 9.66. The maximum Gasteiger partial charge on any atom is 0.319 e. The number of nitrogens with one attached hydrogen (secondary N) is 2. The van der Waals surface area contributed by atoms with E-state index in [1.54, 1.807) is 6.07 Å². The number of para-hydroxylation sites is 1. The zero-order valence-electron chi connectivity index (χ0n) is 15.6. The number of benzene rings is 1. The smallest absolute Gasteiger partial charge is 0.319 e. The third-order valence-electron chi connectivity index (χ3n) is 5.75. The number of carbonyl (C=O) groups excluding carboxylic acids is 2. The molecule has 27 heavy (non-hydrogen) atoms. The minimum Gasteiger partial charge on any atom is -0.348 e. The van der Waals surface area contributed by atoms with Crippen molar-refractivity contribution in [3.05, 3.63) is 35.3 Å². The summed E-state index contributed by atoms with van der Waals surface area (Å²) in [5.41, 5.74) is 1.53. The summed E-state index contributed by atoms with van der Waals surface area (Å²) in [6.07, 6.45) is 3.64. The van der Waals surface area contributed by atoms with Crippen LogP contribution in [0, 0.1) is 12.7 Å². The summed E-state index contributed by atoms with van der Waals surface area (Å²) in [6, 6.07) is 4.99. The molecule has 2 N–H and O–H groups in total. The second-order valence-corrected chi connectivity index (χ2v) is 7.50. The lowest BCUT2D eigenvalue weighted by Gasteiger charge is -2.34. The SMILES string of the molecule is Cc1c(C(=O)NC2CCN(C(=O)N3CCCC3)CC2)[nH]c2c(F)cccc12. The second kappa shape index (κ2) is 7.21. The van der Waals surface area contributed by atoms with Crippen molar-refractivity contribution in [3.8, 4) is 0 Å². The molecule has 7 heteroatoms. The van der Waals surface area contributed by atoms with E-state index in [-0.39, 0.29) is 23.8 Å². The van der Waals surface area contributed by atoms with Gasteiger partial charge in [-0.05, 0) is 44.2 Å². The summed E-state index contributed by atoms with van der Waals surface area (Å²) in [4.78, 5) is 31.9. The maximum atomic E-state index is 13.9. The summed E-state index contributed by atoms with van der Waals surface area (Å²) in [5.74, 6) is -0.573. The molecule has 0 spiro atoms. The number of aromatic amines is 1. The number of hydrogen-bond donors (Lipinski definition) is 2. The summed E-state index contributed by atoms with van der Waals surface area (Å²) in [7, 11) is 0. The molecule has 3 heterocycles. The van der Waals surface area contributed by atoms with Crippen LogP contribution in [0.25, 0.3) is 10.9 Å². The number of likely N-dealkylation sites (tertiary alicyclic amines) is 2. The van der Waals surface area contributed by atoms with Crippen LogP contribution < -0.4 is 5.32 Å². The van der Waals surface area contributed by atoms with E-state index in [4.69, 9.17) is 0 Å². The molecule has 0 atom stereocenters. The predicted octanol–water partition coefficient (Wildman–Crippen LogP) is 3.03. The molecule has 1 aromatic heterocycles. The van der Waals surface area contributed by atoms with Gasteiger partial charge >= 0.3 is 6.03 Å². The number of fused-ring (bicyclic) bond motifs is 1. The van der Waals surface area contributed by atoms with Crippen molar-refractivity contribution in [2.45, 2.75) is 38.6 Å². The van der Waals surface area contributed by atoms with E-state index in [0.29, 0.717) is 24.3 Å². The second-order valence-electron chi connectivity index (χ2n) is 7.50. The first kappa shape index (κ1) is 17.8. The Balaban J connectivity index is 1.38. The molecular weight excluding hydrogens is 347 g/mol. The Morgan fingerprint density at radius 3 is 2.44 bits per heavy atom. The van der Waals surface area contributed by atoms with Gasteiger partial charge in [0, 0.05) is 37.6 Å². The van der Waals surface area contributed by atoms with Crippen LogP contribution >= 0.6 is 0 Å². The number of aryl methyl sites for hydroxylation is 1. The number of rotatable bonds is 2. The lowest BCUT2D eigenvalue weighted by Crippen LogP contribution is -2.50. The largest absolute Gasteiger partial charge is 0.348 e. The van der Waals surface area contributed by atoms with Crippen molar-refractivity contribution >= 4 is 22.8 Å².